The monoisotopic (exact) mass is 586 g/mol. The number of unbranched alkanes of at least 4 members (excludes halogenated alkanes) is 6. The van der Waals surface area contributed by atoms with Crippen LogP contribution in [0.5, 0.6) is 0 Å². The van der Waals surface area contributed by atoms with Gasteiger partial charge in [-0.3, -0.25) is 0 Å². The highest BCUT2D eigenvalue weighted by Crippen LogP contribution is 2.31. The van der Waals surface area contributed by atoms with Crippen molar-refractivity contribution < 1.29 is 42.9 Å². The maximum absolute atomic E-state index is 2.41. The molecule has 4 heteroatoms. The molecule has 0 rings (SSSR count). The van der Waals surface area contributed by atoms with Gasteiger partial charge in [-0.25, -0.2) is 0 Å². The first-order valence-electron chi connectivity index (χ1n) is 13.1. The number of hydrogen-bond donors (Lipinski definition) is 0. The predicted molar refractivity (Wildman–Crippen MR) is 140 cm³/mol. The molecule has 200 valence electrons. The van der Waals surface area contributed by atoms with E-state index in [1.807, 2.05) is 0 Å². The van der Waals surface area contributed by atoms with Gasteiger partial charge in [0.15, 0.2) is 0 Å². The molecule has 2 atom stereocenters. The van der Waals surface area contributed by atoms with E-state index >= 15 is 0 Å². The van der Waals surface area contributed by atoms with Crippen molar-refractivity contribution in [2.45, 2.75) is 131 Å². The number of nitrogens with zero attached hydrogens (tertiary/aromatic N) is 2. The number of rotatable bonds is 14. The van der Waals surface area contributed by atoms with E-state index in [4.69, 9.17) is 0 Å². The zero-order chi connectivity index (χ0) is 24.2. The van der Waals surface area contributed by atoms with Crippen LogP contribution < -0.4 is 34.0 Å². The van der Waals surface area contributed by atoms with E-state index in [9.17, 15) is 0 Å². The van der Waals surface area contributed by atoms with Crippen LogP contribution in [0.1, 0.15) is 120 Å². The van der Waals surface area contributed by atoms with Crippen molar-refractivity contribution in [1.82, 2.24) is 0 Å². The molecule has 0 saturated heterocycles. The molecule has 0 aliphatic heterocycles. The smallest absolute Gasteiger partial charge is 0.0955 e. The molecule has 2 unspecified atom stereocenters. The predicted octanol–water partition coefficient (Wildman–Crippen LogP) is 2.16. The Hall–Kier alpha value is 0.880. The molecule has 0 aromatic carbocycles. The van der Waals surface area contributed by atoms with Gasteiger partial charge in [0.2, 0.25) is 0 Å². The molecule has 0 saturated carbocycles. The highest BCUT2D eigenvalue weighted by molar-refractivity contribution is 4.77. The minimum absolute atomic E-state index is 0. The molecule has 0 amide bonds. The summed E-state index contributed by atoms with van der Waals surface area (Å²) >= 11 is 0. The Labute approximate surface area is 227 Å². The van der Waals surface area contributed by atoms with E-state index in [-0.39, 0.29) is 34.0 Å². The van der Waals surface area contributed by atoms with Crippen molar-refractivity contribution in [2.75, 3.05) is 42.3 Å². The van der Waals surface area contributed by atoms with Gasteiger partial charge in [0.1, 0.15) is 0 Å². The third kappa shape index (κ3) is 15.0. The van der Waals surface area contributed by atoms with E-state index in [0.29, 0.717) is 11.1 Å². The molecular weight excluding hydrogens is 524 g/mol. The summed E-state index contributed by atoms with van der Waals surface area (Å²) in [5.74, 6) is 1.60. The zero-order valence-electron chi connectivity index (χ0n) is 24.9. The van der Waals surface area contributed by atoms with E-state index in [2.05, 4.69) is 97.7 Å². The van der Waals surface area contributed by atoms with Gasteiger partial charge in [0, 0.05) is 11.8 Å². The Bertz CT molecular complexity index is 380. The number of quaternary nitrogens is 2. The van der Waals surface area contributed by atoms with Gasteiger partial charge in [0.25, 0.3) is 0 Å². The summed E-state index contributed by atoms with van der Waals surface area (Å²) in [4.78, 5) is 0. The molecule has 2 nitrogen and oxygen atoms in total. The molecule has 32 heavy (non-hydrogen) atoms. The number of halogens is 2. The van der Waals surface area contributed by atoms with Crippen LogP contribution in [0.15, 0.2) is 0 Å². The first-order chi connectivity index (χ1) is 13.5. The van der Waals surface area contributed by atoms with Crippen molar-refractivity contribution in [3.8, 4) is 0 Å². The second-order valence-electron chi connectivity index (χ2n) is 12.8. The lowest BCUT2D eigenvalue weighted by Gasteiger charge is -2.45. The minimum Gasteiger partial charge on any atom is -1.00 e. The normalized spacial score (nSPS) is 14.4. The zero-order valence-corrected chi connectivity index (χ0v) is 28.0. The van der Waals surface area contributed by atoms with E-state index in [0.717, 1.165) is 20.8 Å². The van der Waals surface area contributed by atoms with Gasteiger partial charge in [-0.1, -0.05) is 79.1 Å². The maximum Gasteiger partial charge on any atom is 0.0955 e. The molecule has 0 heterocycles. The van der Waals surface area contributed by atoms with Gasteiger partial charge < -0.3 is 42.9 Å². The third-order valence-electron chi connectivity index (χ3n) is 8.85. The van der Waals surface area contributed by atoms with Crippen LogP contribution in [0.25, 0.3) is 0 Å². The number of hydrogen-bond acceptors (Lipinski definition) is 0. The first-order valence-corrected chi connectivity index (χ1v) is 13.1. The lowest BCUT2D eigenvalue weighted by atomic mass is 9.82. The fraction of sp³-hybridized carbons (Fsp3) is 1.00. The van der Waals surface area contributed by atoms with Crippen LogP contribution in [-0.2, 0) is 0 Å². The Morgan fingerprint density at radius 1 is 0.500 bits per heavy atom. The fourth-order valence-corrected chi connectivity index (χ4v) is 3.78. The van der Waals surface area contributed by atoms with Crippen LogP contribution in [0.3, 0.4) is 0 Å². The van der Waals surface area contributed by atoms with Gasteiger partial charge in [-0.2, -0.15) is 0 Å². The molecule has 0 bridgehead atoms. The van der Waals surface area contributed by atoms with Gasteiger partial charge >= 0.3 is 0 Å². The van der Waals surface area contributed by atoms with E-state index in [1.165, 1.54) is 64.2 Å². The quantitative estimate of drug-likeness (QED) is 0.216. The second-order valence-corrected chi connectivity index (χ2v) is 12.8. The third-order valence-corrected chi connectivity index (χ3v) is 8.85. The van der Waals surface area contributed by atoms with Crippen molar-refractivity contribution >= 4 is 0 Å². The Morgan fingerprint density at radius 3 is 0.938 bits per heavy atom. The Balaban J connectivity index is -0.000000231. The molecular formula is C28H64Br2N2. The Morgan fingerprint density at radius 2 is 0.750 bits per heavy atom. The van der Waals surface area contributed by atoms with Gasteiger partial charge in [0.05, 0.1) is 53.4 Å². The molecule has 0 fully saturated rings. The molecule has 0 N–H and O–H groups in total. The summed E-state index contributed by atoms with van der Waals surface area (Å²) in [6.45, 7) is 19.0. The topological polar surface area (TPSA) is 0 Å². The van der Waals surface area contributed by atoms with E-state index < -0.39 is 0 Å². The lowest BCUT2D eigenvalue weighted by Crippen LogP contribution is -3.00. The highest BCUT2D eigenvalue weighted by atomic mass is 79.9. The lowest BCUT2D eigenvalue weighted by molar-refractivity contribution is -0.924. The van der Waals surface area contributed by atoms with Crippen molar-refractivity contribution in [2.24, 2.45) is 11.8 Å². The molecule has 0 aromatic heterocycles. The average Bonchev–Trinajstić information content (AvgIpc) is 2.60. The largest absolute Gasteiger partial charge is 1.00 e. The van der Waals surface area contributed by atoms with Crippen LogP contribution in [-0.4, -0.2) is 62.3 Å². The molecule has 0 spiro atoms. The fourth-order valence-electron chi connectivity index (χ4n) is 3.78. The summed E-state index contributed by atoms with van der Waals surface area (Å²) in [6.07, 6.45) is 13.9. The van der Waals surface area contributed by atoms with Crippen molar-refractivity contribution in [1.29, 1.82) is 0 Å². The molecule has 0 radical (unpaired) electrons. The van der Waals surface area contributed by atoms with Crippen molar-refractivity contribution in [3.63, 3.8) is 0 Å². The van der Waals surface area contributed by atoms with E-state index in [1.54, 1.807) is 0 Å². The van der Waals surface area contributed by atoms with Gasteiger partial charge in [-0.05, 0) is 40.5 Å². The minimum atomic E-state index is 0. The Kier molecular flexibility index (Phi) is 22.8. The summed E-state index contributed by atoms with van der Waals surface area (Å²) in [6, 6.07) is 0. The summed E-state index contributed by atoms with van der Waals surface area (Å²) < 4.78 is 2.11. The molecule has 0 aliphatic carbocycles. The highest BCUT2D eigenvalue weighted by Gasteiger charge is 2.38. The van der Waals surface area contributed by atoms with Crippen LogP contribution in [0.4, 0.5) is 0 Å². The molecule has 0 aromatic rings. The van der Waals surface area contributed by atoms with Crippen LogP contribution in [0, 0.1) is 11.8 Å². The van der Waals surface area contributed by atoms with Crippen molar-refractivity contribution in [3.05, 3.63) is 0 Å². The summed E-state index contributed by atoms with van der Waals surface area (Å²) in [7, 11) is 13.8. The first kappa shape index (κ1) is 40.1. The maximum atomic E-state index is 2.41. The second kappa shape index (κ2) is 18.2. The summed E-state index contributed by atoms with van der Waals surface area (Å²) in [5, 5.41) is 0. The SMILES string of the molecule is CCCCCCC(C)C(C)(C)[N+](C)(C)C.CCCCCCC(C)C(C)(C)[N+](C)(C)C.[Br-].[Br-]. The standard InChI is InChI=1S/2C14H32N.2BrH/c2*1-8-9-10-11-12-13(2)14(3,4)15(5,6)7;;/h2*13H,8-12H2,1-7H3;2*1H/q2*+1;;/p-2. The summed E-state index contributed by atoms with van der Waals surface area (Å²) in [5.41, 5.74) is 0.762. The van der Waals surface area contributed by atoms with Crippen LogP contribution >= 0.6 is 0 Å². The van der Waals surface area contributed by atoms with Gasteiger partial charge in [-0.15, -0.1) is 0 Å². The molecule has 0 aliphatic rings. The average molecular weight is 589 g/mol. The van der Waals surface area contributed by atoms with Crippen LogP contribution in [0.2, 0.25) is 0 Å².